The minimum absolute atomic E-state index is 0.0140. The van der Waals surface area contributed by atoms with Crippen LogP contribution in [0.4, 0.5) is 13.2 Å². The number of ether oxygens (including phenoxy) is 1. The summed E-state index contributed by atoms with van der Waals surface area (Å²) in [7, 11) is 1.37. The maximum absolute atomic E-state index is 12.8. The summed E-state index contributed by atoms with van der Waals surface area (Å²) in [5, 5.41) is 0. The fraction of sp³-hybridized carbons (Fsp3) is 0.571. The summed E-state index contributed by atoms with van der Waals surface area (Å²) in [5.74, 6) is 0.225. The Balaban J connectivity index is 3.53. The van der Waals surface area contributed by atoms with Crippen LogP contribution in [0.2, 0.25) is 0 Å². The largest absolute Gasteiger partial charge is 0.496 e. The van der Waals surface area contributed by atoms with E-state index in [2.05, 4.69) is 0 Å². The molecule has 0 aromatic heterocycles. The summed E-state index contributed by atoms with van der Waals surface area (Å²) in [5.41, 5.74) is 6.45. The molecule has 0 amide bonds. The lowest BCUT2D eigenvalue weighted by Gasteiger charge is -2.27. The first-order valence-electron chi connectivity index (χ1n) is 5.99. The van der Waals surface area contributed by atoms with Gasteiger partial charge >= 0.3 is 6.18 Å². The van der Waals surface area contributed by atoms with Crippen molar-refractivity contribution < 1.29 is 17.9 Å². The van der Waals surface area contributed by atoms with Crippen molar-refractivity contribution in [1.29, 1.82) is 0 Å². The van der Waals surface area contributed by atoms with Gasteiger partial charge in [0.25, 0.3) is 0 Å². The van der Waals surface area contributed by atoms with Gasteiger partial charge in [0.1, 0.15) is 11.8 Å². The summed E-state index contributed by atoms with van der Waals surface area (Å²) in [6.07, 6.45) is -4.49. The third kappa shape index (κ3) is 3.41. The molecule has 0 fully saturated rings. The van der Waals surface area contributed by atoms with Crippen LogP contribution in [0.25, 0.3) is 0 Å². The van der Waals surface area contributed by atoms with E-state index in [1.807, 2.05) is 26.8 Å². The maximum atomic E-state index is 12.8. The van der Waals surface area contributed by atoms with Gasteiger partial charge in [-0.25, -0.2) is 0 Å². The molecule has 1 unspecified atom stereocenters. The Labute approximate surface area is 111 Å². The molecule has 2 N–H and O–H groups in total. The Hall–Kier alpha value is -1.23. The molecule has 0 aliphatic rings. The summed E-state index contributed by atoms with van der Waals surface area (Å²) in [4.78, 5) is 0. The van der Waals surface area contributed by atoms with Crippen molar-refractivity contribution in [2.45, 2.75) is 45.3 Å². The van der Waals surface area contributed by atoms with Gasteiger partial charge in [0.15, 0.2) is 0 Å². The van der Waals surface area contributed by atoms with Gasteiger partial charge in [0.05, 0.1) is 7.11 Å². The molecule has 0 saturated carbocycles. The third-order valence-corrected chi connectivity index (χ3v) is 2.96. The second-order valence-electron chi connectivity index (χ2n) is 5.70. The molecule has 0 heterocycles. The topological polar surface area (TPSA) is 35.2 Å². The number of halogens is 3. The Bertz CT molecular complexity index is 461. The lowest BCUT2D eigenvalue weighted by Crippen LogP contribution is -2.29. The van der Waals surface area contributed by atoms with Crippen molar-refractivity contribution in [3.8, 4) is 5.75 Å². The predicted octanol–water partition coefficient (Wildman–Crippen LogP) is 3.86. The van der Waals surface area contributed by atoms with Gasteiger partial charge in [0, 0.05) is 11.1 Å². The highest BCUT2D eigenvalue weighted by molar-refractivity contribution is 5.49. The molecule has 1 atom stereocenters. The minimum atomic E-state index is -4.49. The highest BCUT2D eigenvalue weighted by Gasteiger charge is 2.40. The normalized spacial score (nSPS) is 14.4. The Kier molecular flexibility index (Phi) is 4.20. The van der Waals surface area contributed by atoms with Crippen LogP contribution in [0.5, 0.6) is 5.75 Å². The van der Waals surface area contributed by atoms with E-state index in [1.165, 1.54) is 13.2 Å². The number of hydrogen-bond donors (Lipinski definition) is 1. The van der Waals surface area contributed by atoms with Crippen molar-refractivity contribution in [3.63, 3.8) is 0 Å². The number of rotatable bonds is 2. The molecule has 19 heavy (non-hydrogen) atoms. The molecule has 1 aromatic rings. The molecule has 108 valence electrons. The molecule has 5 heteroatoms. The van der Waals surface area contributed by atoms with Gasteiger partial charge in [-0.2, -0.15) is 13.2 Å². The highest BCUT2D eigenvalue weighted by atomic mass is 19.4. The van der Waals surface area contributed by atoms with E-state index >= 15 is 0 Å². The molecule has 0 radical (unpaired) electrons. The number of nitrogens with two attached hydrogens (primary N) is 1. The molecule has 0 bridgehead atoms. The molecule has 0 aliphatic carbocycles. The molecule has 1 rings (SSSR count). The van der Waals surface area contributed by atoms with Gasteiger partial charge in [-0.3, -0.25) is 0 Å². The first-order chi connectivity index (χ1) is 8.48. The summed E-state index contributed by atoms with van der Waals surface area (Å²) in [6.45, 7) is 7.52. The second kappa shape index (κ2) is 5.04. The lowest BCUT2D eigenvalue weighted by molar-refractivity contribution is -0.149. The average molecular weight is 275 g/mol. The Morgan fingerprint density at radius 3 is 2.05 bits per heavy atom. The molecule has 2 nitrogen and oxygen atoms in total. The predicted molar refractivity (Wildman–Crippen MR) is 69.4 cm³/mol. The molecule has 0 spiro atoms. The fourth-order valence-electron chi connectivity index (χ4n) is 1.99. The molecular formula is C14H20F3NO. The number of hydrogen-bond acceptors (Lipinski definition) is 2. The average Bonchev–Trinajstić information content (AvgIpc) is 2.24. The minimum Gasteiger partial charge on any atom is -0.496 e. The zero-order valence-electron chi connectivity index (χ0n) is 11.9. The lowest BCUT2D eigenvalue weighted by atomic mass is 9.83. The van der Waals surface area contributed by atoms with Crippen molar-refractivity contribution in [2.24, 2.45) is 5.73 Å². The van der Waals surface area contributed by atoms with Crippen molar-refractivity contribution in [1.82, 2.24) is 0 Å². The van der Waals surface area contributed by atoms with Crippen LogP contribution in [0.15, 0.2) is 12.1 Å². The molecule has 0 aliphatic heterocycles. The second-order valence-corrected chi connectivity index (χ2v) is 5.70. The summed E-state index contributed by atoms with van der Waals surface area (Å²) < 4.78 is 43.7. The smallest absolute Gasteiger partial charge is 0.407 e. The summed E-state index contributed by atoms with van der Waals surface area (Å²) in [6, 6.07) is 1.24. The number of benzene rings is 1. The standard InChI is InChI=1S/C14H20F3NO/c1-8-6-9(12(18)14(15,16)17)11(19-5)10(7-8)13(2,3)4/h6-7,12H,18H2,1-5H3. The van der Waals surface area contributed by atoms with E-state index in [4.69, 9.17) is 10.5 Å². The van der Waals surface area contributed by atoms with Gasteiger partial charge in [-0.15, -0.1) is 0 Å². The zero-order valence-corrected chi connectivity index (χ0v) is 11.9. The molecule has 1 aromatic carbocycles. The Morgan fingerprint density at radius 1 is 1.16 bits per heavy atom. The van der Waals surface area contributed by atoms with Crippen LogP contribution in [-0.4, -0.2) is 13.3 Å². The number of methoxy groups -OCH3 is 1. The van der Waals surface area contributed by atoms with E-state index in [1.54, 1.807) is 6.92 Å². The third-order valence-electron chi connectivity index (χ3n) is 2.96. The van der Waals surface area contributed by atoms with Gasteiger partial charge in [0.2, 0.25) is 0 Å². The van der Waals surface area contributed by atoms with Gasteiger partial charge in [-0.1, -0.05) is 38.5 Å². The quantitative estimate of drug-likeness (QED) is 0.889. The van der Waals surface area contributed by atoms with Crippen LogP contribution in [-0.2, 0) is 5.41 Å². The fourth-order valence-corrected chi connectivity index (χ4v) is 1.99. The van der Waals surface area contributed by atoms with E-state index in [-0.39, 0.29) is 16.7 Å². The maximum Gasteiger partial charge on any atom is 0.407 e. The highest BCUT2D eigenvalue weighted by Crippen LogP contribution is 2.41. The van der Waals surface area contributed by atoms with E-state index in [0.29, 0.717) is 0 Å². The SMILES string of the molecule is COc1c(C(N)C(F)(F)F)cc(C)cc1C(C)(C)C. The summed E-state index contributed by atoms with van der Waals surface area (Å²) >= 11 is 0. The van der Waals surface area contributed by atoms with Crippen molar-refractivity contribution in [3.05, 3.63) is 28.8 Å². The molecular weight excluding hydrogens is 255 g/mol. The van der Waals surface area contributed by atoms with Crippen LogP contribution in [0.1, 0.15) is 43.5 Å². The van der Waals surface area contributed by atoms with E-state index in [9.17, 15) is 13.2 Å². The number of alkyl halides is 3. The molecule has 0 saturated heterocycles. The number of aryl methyl sites for hydroxylation is 1. The van der Waals surface area contributed by atoms with Gasteiger partial charge in [-0.05, 0) is 12.3 Å². The van der Waals surface area contributed by atoms with Crippen LogP contribution >= 0.6 is 0 Å². The van der Waals surface area contributed by atoms with Crippen LogP contribution in [0, 0.1) is 6.92 Å². The van der Waals surface area contributed by atoms with Crippen molar-refractivity contribution >= 4 is 0 Å². The van der Waals surface area contributed by atoms with Crippen LogP contribution < -0.4 is 10.5 Å². The van der Waals surface area contributed by atoms with E-state index in [0.717, 1.165) is 11.1 Å². The first-order valence-corrected chi connectivity index (χ1v) is 5.99. The Morgan fingerprint density at radius 2 is 1.68 bits per heavy atom. The van der Waals surface area contributed by atoms with E-state index < -0.39 is 12.2 Å². The monoisotopic (exact) mass is 275 g/mol. The van der Waals surface area contributed by atoms with Crippen molar-refractivity contribution in [2.75, 3.05) is 7.11 Å². The zero-order chi connectivity index (χ0) is 15.0. The first kappa shape index (κ1) is 15.8. The van der Waals surface area contributed by atoms with Crippen LogP contribution in [0.3, 0.4) is 0 Å². The van der Waals surface area contributed by atoms with Gasteiger partial charge < -0.3 is 10.5 Å².